The van der Waals surface area contributed by atoms with Crippen LogP contribution in [0.1, 0.15) is 48.8 Å². The van der Waals surface area contributed by atoms with E-state index in [-0.39, 0.29) is 25.0 Å². The molecule has 2 aliphatic carbocycles. The molecule has 0 saturated heterocycles. The first-order valence-electron chi connectivity index (χ1n) is 14.4. The van der Waals surface area contributed by atoms with Gasteiger partial charge in [0, 0.05) is 23.9 Å². The molecule has 0 aromatic heterocycles. The summed E-state index contributed by atoms with van der Waals surface area (Å²) in [5, 5.41) is 0. The zero-order chi connectivity index (χ0) is 28.5. The van der Waals surface area contributed by atoms with Crippen LogP contribution in [0.5, 0.6) is 11.5 Å². The molecule has 3 aromatic carbocycles. The average Bonchev–Trinajstić information content (AvgIpc) is 3.40. The van der Waals surface area contributed by atoms with Crippen LogP contribution < -0.4 is 15.2 Å². The summed E-state index contributed by atoms with van der Waals surface area (Å²) in [5.74, 6) is 1.28. The third-order valence-corrected chi connectivity index (χ3v) is 10.1. The van der Waals surface area contributed by atoms with Crippen LogP contribution in [-0.4, -0.2) is 42.5 Å². The number of fused-ring (bicyclic) bond motifs is 1. The monoisotopic (exact) mass is 575 g/mol. The highest BCUT2D eigenvalue weighted by Crippen LogP contribution is 2.64. The number of hydrogen-bond acceptors (Lipinski definition) is 7. The van der Waals surface area contributed by atoms with E-state index in [0.717, 1.165) is 36.0 Å². The Kier molecular flexibility index (Phi) is 8.01. The van der Waals surface area contributed by atoms with E-state index >= 15 is 0 Å². The Morgan fingerprint density at radius 1 is 1.07 bits per heavy atom. The van der Waals surface area contributed by atoms with Crippen molar-refractivity contribution in [2.75, 3.05) is 20.3 Å². The zero-order valence-corrected chi connectivity index (χ0v) is 24.2. The summed E-state index contributed by atoms with van der Waals surface area (Å²) in [4.78, 5) is 11.6. The van der Waals surface area contributed by atoms with Crippen molar-refractivity contribution < 1.29 is 26.8 Å². The number of hydrogen-bond donors (Lipinski definition) is 1. The van der Waals surface area contributed by atoms with Gasteiger partial charge in [-0.15, -0.1) is 0 Å². The molecule has 3 aromatic rings. The van der Waals surface area contributed by atoms with Crippen molar-refractivity contribution in [3.05, 3.63) is 83.4 Å². The third-order valence-electron chi connectivity index (χ3n) is 9.34. The van der Waals surface area contributed by atoms with Gasteiger partial charge in [-0.25, -0.2) is 0 Å². The molecule has 5 atom stereocenters. The topological polar surface area (TPSA) is 97.1 Å². The fourth-order valence-corrected chi connectivity index (χ4v) is 8.32. The van der Waals surface area contributed by atoms with Crippen LogP contribution in [-0.2, 0) is 42.8 Å². The van der Waals surface area contributed by atoms with E-state index in [4.69, 9.17) is 23.6 Å². The molecule has 8 heteroatoms. The molecule has 0 radical (unpaired) electrons. The third kappa shape index (κ3) is 4.91. The largest absolute Gasteiger partial charge is 0.493 e. The van der Waals surface area contributed by atoms with Gasteiger partial charge in [-0.05, 0) is 66.8 Å². The maximum Gasteiger partial charge on any atom is 0.305 e. The molecular weight excluding hydrogens is 538 g/mol. The number of carbonyl (C=O) groups excluding carboxylic acids is 1. The molecule has 1 aliphatic heterocycles. The van der Waals surface area contributed by atoms with E-state index in [1.807, 2.05) is 24.3 Å². The quantitative estimate of drug-likeness (QED) is 0.233. The first-order chi connectivity index (χ1) is 20.0. The Labute approximate surface area is 244 Å². The summed E-state index contributed by atoms with van der Waals surface area (Å²) in [7, 11) is 1.63. The fourth-order valence-electron chi connectivity index (χ4n) is 7.41. The van der Waals surface area contributed by atoms with Gasteiger partial charge in [0.15, 0.2) is 11.5 Å². The lowest BCUT2D eigenvalue weighted by atomic mass is 9.49. The highest BCUT2D eigenvalue weighted by molar-refractivity contribution is 7.75. The van der Waals surface area contributed by atoms with Crippen molar-refractivity contribution in [1.82, 2.24) is 0 Å². The molecule has 2 N–H and O–H groups in total. The van der Waals surface area contributed by atoms with Gasteiger partial charge < -0.3 is 20.0 Å². The predicted octanol–water partition coefficient (Wildman–Crippen LogP) is 5.25. The van der Waals surface area contributed by atoms with E-state index in [2.05, 4.69) is 42.5 Å². The van der Waals surface area contributed by atoms with Crippen LogP contribution in [0.15, 0.2) is 66.7 Å². The molecule has 1 heterocycles. The second kappa shape index (κ2) is 11.7. The van der Waals surface area contributed by atoms with Gasteiger partial charge in [0.1, 0.15) is 18.5 Å². The molecule has 7 nitrogen and oxygen atoms in total. The highest BCUT2D eigenvalue weighted by Gasteiger charge is 2.68. The minimum atomic E-state index is -2.02. The summed E-state index contributed by atoms with van der Waals surface area (Å²) in [6.45, 7) is 0.653. The second-order valence-corrected chi connectivity index (χ2v) is 12.2. The van der Waals surface area contributed by atoms with Crippen molar-refractivity contribution in [3.63, 3.8) is 0 Å². The molecule has 1 saturated carbocycles. The molecule has 6 rings (SSSR count). The summed E-state index contributed by atoms with van der Waals surface area (Å²) >= 11 is -2.02. The zero-order valence-electron chi connectivity index (χ0n) is 23.4. The minimum absolute atomic E-state index is 0.123. The smallest absolute Gasteiger partial charge is 0.305 e. The van der Waals surface area contributed by atoms with E-state index in [1.165, 1.54) is 16.7 Å². The molecule has 0 amide bonds. The number of rotatable bonds is 12. The van der Waals surface area contributed by atoms with Crippen LogP contribution in [0.2, 0.25) is 0 Å². The second-order valence-electron chi connectivity index (χ2n) is 11.4. The lowest BCUT2D eigenvalue weighted by Gasteiger charge is -2.59. The van der Waals surface area contributed by atoms with Gasteiger partial charge in [-0.3, -0.25) is 8.37 Å². The first-order valence-corrected chi connectivity index (χ1v) is 15.4. The predicted molar refractivity (Wildman–Crippen MR) is 158 cm³/mol. The number of ether oxygens (including phenoxy) is 2. The number of aryl methyl sites for hydroxylation is 1. The van der Waals surface area contributed by atoms with Crippen LogP contribution in [0, 0.1) is 5.92 Å². The van der Waals surface area contributed by atoms with E-state index in [9.17, 15) is 9.00 Å². The number of nitrogens with two attached hydrogens (primary N) is 1. The van der Waals surface area contributed by atoms with E-state index in [0.29, 0.717) is 38.0 Å². The molecule has 2 bridgehead atoms. The van der Waals surface area contributed by atoms with Gasteiger partial charge in [0.25, 0.3) is 0 Å². The van der Waals surface area contributed by atoms with Gasteiger partial charge in [0.05, 0.1) is 19.1 Å². The van der Waals surface area contributed by atoms with Gasteiger partial charge >= 0.3 is 11.4 Å². The highest BCUT2D eigenvalue weighted by atomic mass is 32.2. The van der Waals surface area contributed by atoms with Gasteiger partial charge in [-0.1, -0.05) is 60.7 Å². The van der Waals surface area contributed by atoms with Gasteiger partial charge in [0.2, 0.25) is 0 Å². The Morgan fingerprint density at radius 2 is 1.85 bits per heavy atom. The van der Waals surface area contributed by atoms with Crippen molar-refractivity contribution in [2.24, 2.45) is 11.7 Å². The van der Waals surface area contributed by atoms with Crippen molar-refractivity contribution in [1.29, 1.82) is 0 Å². The van der Waals surface area contributed by atoms with Gasteiger partial charge in [-0.2, -0.15) is 4.21 Å². The standard InChI is InChI=1S/C33H37NO6S/c1-37-29-15-14-26-21-27-28(34)16-18-32(22-38-31(29)30(26)32)33(27,17-6-19-35)40-41(36)39-20-5-7-23-10-12-25(13-11-23)24-8-3-2-4-9-24/h2-4,8-15,19,27-28H,5-7,16-18,20-22,34H2,1H3. The van der Waals surface area contributed by atoms with E-state index < -0.39 is 22.4 Å². The summed E-state index contributed by atoms with van der Waals surface area (Å²) < 4.78 is 37.6. The first kappa shape index (κ1) is 28.1. The maximum atomic E-state index is 13.4. The number of aldehydes is 1. The molecule has 5 unspecified atom stereocenters. The van der Waals surface area contributed by atoms with Crippen LogP contribution in [0.3, 0.4) is 0 Å². The molecule has 216 valence electrons. The molecular formula is C33H37NO6S. The Bertz CT molecular complexity index is 1410. The van der Waals surface area contributed by atoms with Crippen LogP contribution in [0.25, 0.3) is 11.1 Å². The van der Waals surface area contributed by atoms with Crippen molar-refractivity contribution in [2.45, 2.75) is 62.0 Å². The van der Waals surface area contributed by atoms with Crippen LogP contribution >= 0.6 is 0 Å². The maximum absolute atomic E-state index is 13.4. The fraction of sp³-hybridized carbons (Fsp3) is 0.424. The lowest BCUT2D eigenvalue weighted by Crippen LogP contribution is -2.69. The summed E-state index contributed by atoms with van der Waals surface area (Å²) in [6.07, 6.45) is 5.24. The normalized spacial score (nSPS) is 26.6. The van der Waals surface area contributed by atoms with Crippen LogP contribution in [0.4, 0.5) is 0 Å². The number of carbonyl (C=O) groups is 1. The lowest BCUT2D eigenvalue weighted by molar-refractivity contribution is -0.124. The van der Waals surface area contributed by atoms with E-state index in [1.54, 1.807) is 7.11 Å². The van der Waals surface area contributed by atoms with Crippen molar-refractivity contribution in [3.8, 4) is 22.6 Å². The Balaban J connectivity index is 1.17. The SMILES string of the molecule is COc1ccc2c3c1OCC31CCC(N)C(C2)C1(CCC=O)OS(=O)OCCCc1ccc(-c2ccccc2)cc1. The van der Waals surface area contributed by atoms with Crippen molar-refractivity contribution >= 4 is 17.6 Å². The molecule has 3 aliphatic rings. The average molecular weight is 576 g/mol. The molecule has 1 fully saturated rings. The molecule has 1 spiro atoms. The number of methoxy groups -OCH3 is 1. The molecule has 41 heavy (non-hydrogen) atoms. The summed E-state index contributed by atoms with van der Waals surface area (Å²) in [5.41, 5.74) is 11.0. The Morgan fingerprint density at radius 3 is 2.61 bits per heavy atom. The Hall–Kier alpha value is -3.04. The number of benzene rings is 3. The minimum Gasteiger partial charge on any atom is -0.493 e. The summed E-state index contributed by atoms with van der Waals surface area (Å²) in [6, 6.07) is 22.6.